The Hall–Kier alpha value is -0.380. The molecule has 0 aromatic carbocycles. The standard InChI is InChI=1S/C9H13ClN2S/c1-8-12-9(7-13-8)3-6-11-5-2-4-10/h2,4,7,11H,3,5-6H2,1H3/b4-2+. The van der Waals surface area contributed by atoms with Crippen molar-refractivity contribution in [3.05, 3.63) is 27.7 Å². The molecular weight excluding hydrogens is 204 g/mol. The van der Waals surface area contributed by atoms with Crippen molar-refractivity contribution in [2.45, 2.75) is 13.3 Å². The van der Waals surface area contributed by atoms with Crippen molar-refractivity contribution < 1.29 is 0 Å². The zero-order valence-electron chi connectivity index (χ0n) is 7.59. The van der Waals surface area contributed by atoms with Gasteiger partial charge < -0.3 is 5.32 Å². The third-order valence-electron chi connectivity index (χ3n) is 1.58. The summed E-state index contributed by atoms with van der Waals surface area (Å²) in [6.07, 6.45) is 2.87. The third kappa shape index (κ3) is 4.41. The van der Waals surface area contributed by atoms with Crippen LogP contribution in [0.4, 0.5) is 0 Å². The van der Waals surface area contributed by atoms with Crippen molar-refractivity contribution in [1.29, 1.82) is 0 Å². The Morgan fingerprint density at radius 2 is 2.54 bits per heavy atom. The Morgan fingerprint density at radius 1 is 1.69 bits per heavy atom. The highest BCUT2D eigenvalue weighted by Gasteiger charge is 1.96. The van der Waals surface area contributed by atoms with E-state index in [9.17, 15) is 0 Å². The van der Waals surface area contributed by atoms with Crippen molar-refractivity contribution >= 4 is 22.9 Å². The Labute approximate surface area is 87.6 Å². The second-order valence-corrected chi connectivity index (χ2v) is 3.99. The van der Waals surface area contributed by atoms with E-state index in [1.54, 1.807) is 11.3 Å². The van der Waals surface area contributed by atoms with Gasteiger partial charge >= 0.3 is 0 Å². The normalized spacial score (nSPS) is 11.2. The molecule has 4 heteroatoms. The SMILES string of the molecule is Cc1nc(CCNC/C=C/Cl)cs1. The number of thiazole rings is 1. The molecule has 0 aliphatic rings. The van der Waals surface area contributed by atoms with Crippen LogP contribution < -0.4 is 5.32 Å². The van der Waals surface area contributed by atoms with Crippen LogP contribution in [0.3, 0.4) is 0 Å². The molecule has 0 spiro atoms. The van der Waals surface area contributed by atoms with Gasteiger partial charge in [-0.2, -0.15) is 0 Å². The predicted molar refractivity (Wildman–Crippen MR) is 58.4 cm³/mol. The lowest BCUT2D eigenvalue weighted by Gasteiger charge is -1.97. The van der Waals surface area contributed by atoms with Crippen LogP contribution in [-0.2, 0) is 6.42 Å². The van der Waals surface area contributed by atoms with Gasteiger partial charge in [0.1, 0.15) is 0 Å². The average molecular weight is 217 g/mol. The number of aromatic nitrogens is 1. The molecule has 1 aromatic rings. The van der Waals surface area contributed by atoms with Crippen molar-refractivity contribution in [3.8, 4) is 0 Å². The summed E-state index contributed by atoms with van der Waals surface area (Å²) in [5.41, 5.74) is 2.70. The smallest absolute Gasteiger partial charge is 0.0897 e. The number of nitrogens with one attached hydrogen (secondary N) is 1. The molecule has 1 rings (SSSR count). The molecule has 0 saturated heterocycles. The van der Waals surface area contributed by atoms with Crippen LogP contribution in [0, 0.1) is 6.92 Å². The monoisotopic (exact) mass is 216 g/mol. The molecule has 0 unspecified atom stereocenters. The van der Waals surface area contributed by atoms with E-state index < -0.39 is 0 Å². The van der Waals surface area contributed by atoms with Gasteiger partial charge in [0.2, 0.25) is 0 Å². The fourth-order valence-corrected chi connectivity index (χ4v) is 1.71. The molecule has 13 heavy (non-hydrogen) atoms. The minimum Gasteiger partial charge on any atom is -0.313 e. The van der Waals surface area contributed by atoms with Gasteiger partial charge in [0.05, 0.1) is 10.7 Å². The lowest BCUT2D eigenvalue weighted by atomic mass is 10.3. The molecule has 1 N–H and O–H groups in total. The summed E-state index contributed by atoms with van der Waals surface area (Å²) < 4.78 is 0. The highest BCUT2D eigenvalue weighted by Crippen LogP contribution is 2.07. The maximum atomic E-state index is 5.37. The van der Waals surface area contributed by atoms with E-state index in [4.69, 9.17) is 11.6 Å². The molecule has 1 aromatic heterocycles. The van der Waals surface area contributed by atoms with E-state index in [0.717, 1.165) is 24.5 Å². The molecule has 0 atom stereocenters. The number of hydrogen-bond donors (Lipinski definition) is 1. The molecule has 0 radical (unpaired) electrons. The van der Waals surface area contributed by atoms with Gasteiger partial charge in [0, 0.05) is 30.4 Å². The quantitative estimate of drug-likeness (QED) is 0.765. The van der Waals surface area contributed by atoms with E-state index in [-0.39, 0.29) is 0 Å². The Balaban J connectivity index is 2.13. The molecule has 0 amide bonds. The highest BCUT2D eigenvalue weighted by atomic mass is 35.5. The van der Waals surface area contributed by atoms with Crippen molar-refractivity contribution in [2.24, 2.45) is 0 Å². The van der Waals surface area contributed by atoms with Crippen LogP contribution in [0.15, 0.2) is 17.0 Å². The van der Waals surface area contributed by atoms with Gasteiger partial charge in [0.15, 0.2) is 0 Å². The second-order valence-electron chi connectivity index (χ2n) is 2.67. The first kappa shape index (κ1) is 10.7. The molecule has 2 nitrogen and oxygen atoms in total. The predicted octanol–water partition coefficient (Wildman–Crippen LogP) is 2.34. The highest BCUT2D eigenvalue weighted by molar-refractivity contribution is 7.09. The Kier molecular flexibility index (Phi) is 5.05. The van der Waals surface area contributed by atoms with Crippen molar-refractivity contribution in [3.63, 3.8) is 0 Å². The summed E-state index contributed by atoms with van der Waals surface area (Å²) in [4.78, 5) is 4.36. The number of hydrogen-bond acceptors (Lipinski definition) is 3. The van der Waals surface area contributed by atoms with Gasteiger partial charge in [-0.1, -0.05) is 17.7 Å². The lowest BCUT2D eigenvalue weighted by Crippen LogP contribution is -2.16. The maximum Gasteiger partial charge on any atom is 0.0897 e. The van der Waals surface area contributed by atoms with E-state index >= 15 is 0 Å². The summed E-state index contributed by atoms with van der Waals surface area (Å²) >= 11 is 7.07. The van der Waals surface area contributed by atoms with Gasteiger partial charge in [-0.25, -0.2) is 4.98 Å². The molecular formula is C9H13ClN2S. The fraction of sp³-hybridized carbons (Fsp3) is 0.444. The zero-order chi connectivity index (χ0) is 9.52. The van der Waals surface area contributed by atoms with Crippen LogP contribution in [0.5, 0.6) is 0 Å². The molecule has 1 heterocycles. The number of halogens is 1. The largest absolute Gasteiger partial charge is 0.313 e. The molecule has 0 fully saturated rings. The van der Waals surface area contributed by atoms with Crippen LogP contribution in [0.1, 0.15) is 10.7 Å². The van der Waals surface area contributed by atoms with Crippen molar-refractivity contribution in [2.75, 3.05) is 13.1 Å². The van der Waals surface area contributed by atoms with E-state index in [0.29, 0.717) is 0 Å². The minimum absolute atomic E-state index is 0.826. The third-order valence-corrected chi connectivity index (χ3v) is 2.58. The fourth-order valence-electron chi connectivity index (χ4n) is 0.969. The van der Waals surface area contributed by atoms with Gasteiger partial charge in [-0.15, -0.1) is 11.3 Å². The Morgan fingerprint density at radius 3 is 3.15 bits per heavy atom. The topological polar surface area (TPSA) is 24.9 Å². The summed E-state index contributed by atoms with van der Waals surface area (Å²) in [5, 5.41) is 6.48. The van der Waals surface area contributed by atoms with E-state index in [1.807, 2.05) is 13.0 Å². The molecule has 0 saturated carbocycles. The first-order valence-electron chi connectivity index (χ1n) is 4.20. The summed E-state index contributed by atoms with van der Waals surface area (Å²) in [7, 11) is 0. The average Bonchev–Trinajstić information content (AvgIpc) is 2.51. The van der Waals surface area contributed by atoms with Crippen LogP contribution in [0.25, 0.3) is 0 Å². The maximum absolute atomic E-state index is 5.37. The first-order chi connectivity index (χ1) is 6.33. The van der Waals surface area contributed by atoms with Gasteiger partial charge in [-0.3, -0.25) is 0 Å². The minimum atomic E-state index is 0.826. The number of rotatable bonds is 5. The van der Waals surface area contributed by atoms with Crippen LogP contribution in [-0.4, -0.2) is 18.1 Å². The second kappa shape index (κ2) is 6.13. The number of aryl methyl sites for hydroxylation is 1. The van der Waals surface area contributed by atoms with Crippen LogP contribution in [0.2, 0.25) is 0 Å². The van der Waals surface area contributed by atoms with Crippen molar-refractivity contribution in [1.82, 2.24) is 10.3 Å². The van der Waals surface area contributed by atoms with E-state index in [1.165, 1.54) is 11.2 Å². The molecule has 72 valence electrons. The molecule has 0 bridgehead atoms. The first-order valence-corrected chi connectivity index (χ1v) is 5.51. The summed E-state index contributed by atoms with van der Waals surface area (Å²) in [6.45, 7) is 3.80. The summed E-state index contributed by atoms with van der Waals surface area (Å²) in [6, 6.07) is 0. The lowest BCUT2D eigenvalue weighted by molar-refractivity contribution is 0.736. The molecule has 0 aliphatic heterocycles. The van der Waals surface area contributed by atoms with Crippen LogP contribution >= 0.6 is 22.9 Å². The Bertz CT molecular complexity index is 270. The summed E-state index contributed by atoms with van der Waals surface area (Å²) in [5.74, 6) is 0. The van der Waals surface area contributed by atoms with E-state index in [2.05, 4.69) is 15.7 Å². The van der Waals surface area contributed by atoms with Gasteiger partial charge in [-0.05, 0) is 6.92 Å². The zero-order valence-corrected chi connectivity index (χ0v) is 9.16. The molecule has 0 aliphatic carbocycles. The van der Waals surface area contributed by atoms with Gasteiger partial charge in [0.25, 0.3) is 0 Å². The number of nitrogens with zero attached hydrogens (tertiary/aromatic N) is 1.